The van der Waals surface area contributed by atoms with Crippen molar-refractivity contribution in [1.82, 2.24) is 15.2 Å². The van der Waals surface area contributed by atoms with Gasteiger partial charge in [-0.1, -0.05) is 30.3 Å². The number of carbonyl (C=O) groups is 1. The number of rotatable bonds is 5. The Morgan fingerprint density at radius 2 is 1.74 bits per heavy atom. The molecule has 4 nitrogen and oxygen atoms in total. The van der Waals surface area contributed by atoms with E-state index in [0.29, 0.717) is 6.54 Å². The third-order valence-corrected chi connectivity index (χ3v) is 4.42. The van der Waals surface area contributed by atoms with E-state index >= 15 is 0 Å². The third-order valence-electron chi connectivity index (χ3n) is 4.42. The molecule has 1 aromatic heterocycles. The zero-order valence-electron chi connectivity index (χ0n) is 13.3. The number of benzene rings is 1. The lowest BCUT2D eigenvalue weighted by Gasteiger charge is -2.31. The smallest absolute Gasteiger partial charge is 0.223 e. The van der Waals surface area contributed by atoms with Gasteiger partial charge < -0.3 is 5.32 Å². The van der Waals surface area contributed by atoms with Crippen LogP contribution in [0.2, 0.25) is 0 Å². The molecule has 1 aromatic carbocycles. The minimum atomic E-state index is 0.142. The first-order valence-electron chi connectivity index (χ1n) is 8.24. The predicted octanol–water partition coefficient (Wildman–Crippen LogP) is 2.61. The molecular formula is C19H23N3O. The number of nitrogens with zero attached hydrogens (tertiary/aromatic N) is 2. The standard InChI is InChI=1S/C19H23N3O/c23-19(21-14-16-6-10-20-11-7-16)18-8-12-22(13-9-18)15-17-4-2-1-3-5-17/h1-7,10-11,18H,8-9,12-15H2,(H,21,23). The molecule has 1 aliphatic rings. The number of likely N-dealkylation sites (tertiary alicyclic amines) is 1. The lowest BCUT2D eigenvalue weighted by atomic mass is 9.95. The average Bonchev–Trinajstić information content (AvgIpc) is 2.62. The molecule has 3 rings (SSSR count). The summed E-state index contributed by atoms with van der Waals surface area (Å²) in [5.74, 6) is 0.324. The third kappa shape index (κ3) is 4.63. The summed E-state index contributed by atoms with van der Waals surface area (Å²) < 4.78 is 0. The summed E-state index contributed by atoms with van der Waals surface area (Å²) in [6, 6.07) is 14.4. The van der Waals surface area contributed by atoms with Crippen LogP contribution in [0.5, 0.6) is 0 Å². The van der Waals surface area contributed by atoms with Gasteiger partial charge >= 0.3 is 0 Å². The molecule has 4 heteroatoms. The molecule has 1 aliphatic heterocycles. The molecule has 0 bridgehead atoms. The van der Waals surface area contributed by atoms with E-state index in [1.165, 1.54) is 5.56 Å². The number of nitrogens with one attached hydrogen (secondary N) is 1. The molecule has 0 spiro atoms. The fraction of sp³-hybridized carbons (Fsp3) is 0.368. The highest BCUT2D eigenvalue weighted by Crippen LogP contribution is 2.19. The molecule has 0 aliphatic carbocycles. The number of hydrogen-bond donors (Lipinski definition) is 1. The van der Waals surface area contributed by atoms with E-state index in [-0.39, 0.29) is 11.8 Å². The van der Waals surface area contributed by atoms with Gasteiger partial charge in [-0.3, -0.25) is 14.7 Å². The van der Waals surface area contributed by atoms with Crippen LogP contribution in [0.15, 0.2) is 54.9 Å². The quantitative estimate of drug-likeness (QED) is 0.923. The first kappa shape index (κ1) is 15.7. The average molecular weight is 309 g/mol. The van der Waals surface area contributed by atoms with E-state index in [0.717, 1.165) is 38.0 Å². The van der Waals surface area contributed by atoms with Crippen LogP contribution in [0.4, 0.5) is 0 Å². The van der Waals surface area contributed by atoms with Crippen molar-refractivity contribution in [3.05, 3.63) is 66.0 Å². The molecule has 1 saturated heterocycles. The van der Waals surface area contributed by atoms with Crippen LogP contribution < -0.4 is 5.32 Å². The fourth-order valence-electron chi connectivity index (χ4n) is 3.03. The van der Waals surface area contributed by atoms with Gasteiger partial charge in [-0.05, 0) is 49.2 Å². The maximum atomic E-state index is 12.3. The number of aromatic nitrogens is 1. The molecule has 2 heterocycles. The molecule has 2 aromatic rings. The topological polar surface area (TPSA) is 45.2 Å². The van der Waals surface area contributed by atoms with Crippen LogP contribution in [0, 0.1) is 5.92 Å². The Labute approximate surface area is 137 Å². The van der Waals surface area contributed by atoms with Crippen molar-refractivity contribution in [2.24, 2.45) is 5.92 Å². The molecule has 23 heavy (non-hydrogen) atoms. The van der Waals surface area contributed by atoms with Crippen molar-refractivity contribution < 1.29 is 4.79 Å². The maximum Gasteiger partial charge on any atom is 0.223 e. The molecule has 120 valence electrons. The highest BCUT2D eigenvalue weighted by atomic mass is 16.1. The van der Waals surface area contributed by atoms with Crippen LogP contribution in [-0.2, 0) is 17.9 Å². The zero-order chi connectivity index (χ0) is 15.9. The second kappa shape index (κ2) is 7.88. The van der Waals surface area contributed by atoms with Gasteiger partial charge in [-0.15, -0.1) is 0 Å². The number of pyridine rings is 1. The summed E-state index contributed by atoms with van der Waals surface area (Å²) in [6.07, 6.45) is 5.39. The number of carbonyl (C=O) groups excluding carboxylic acids is 1. The van der Waals surface area contributed by atoms with Gasteiger partial charge in [0, 0.05) is 31.4 Å². The van der Waals surface area contributed by atoms with Gasteiger partial charge in [0.15, 0.2) is 0 Å². The van der Waals surface area contributed by atoms with Gasteiger partial charge in [0.25, 0.3) is 0 Å². The van der Waals surface area contributed by atoms with Gasteiger partial charge in [0.1, 0.15) is 0 Å². The van der Waals surface area contributed by atoms with E-state index in [4.69, 9.17) is 0 Å². The predicted molar refractivity (Wildman–Crippen MR) is 90.5 cm³/mol. The van der Waals surface area contributed by atoms with Gasteiger partial charge in [0.05, 0.1) is 0 Å². The van der Waals surface area contributed by atoms with Crippen LogP contribution in [0.1, 0.15) is 24.0 Å². The van der Waals surface area contributed by atoms with Crippen molar-refractivity contribution in [1.29, 1.82) is 0 Å². The second-order valence-electron chi connectivity index (χ2n) is 6.11. The van der Waals surface area contributed by atoms with Gasteiger partial charge in [-0.2, -0.15) is 0 Å². The first-order valence-corrected chi connectivity index (χ1v) is 8.24. The van der Waals surface area contributed by atoms with Crippen molar-refractivity contribution >= 4 is 5.91 Å². The van der Waals surface area contributed by atoms with E-state index in [9.17, 15) is 4.79 Å². The molecule has 0 radical (unpaired) electrons. The summed E-state index contributed by atoms with van der Waals surface area (Å²) in [5, 5.41) is 3.05. The van der Waals surface area contributed by atoms with E-state index in [1.54, 1.807) is 12.4 Å². The summed E-state index contributed by atoms with van der Waals surface area (Å²) in [6.45, 7) is 3.54. The molecular weight excluding hydrogens is 286 g/mol. The van der Waals surface area contributed by atoms with Gasteiger partial charge in [-0.25, -0.2) is 0 Å². The van der Waals surface area contributed by atoms with Crippen molar-refractivity contribution in [2.45, 2.75) is 25.9 Å². The van der Waals surface area contributed by atoms with Crippen molar-refractivity contribution in [3.63, 3.8) is 0 Å². The normalized spacial score (nSPS) is 16.2. The first-order chi connectivity index (χ1) is 11.3. The van der Waals surface area contributed by atoms with Gasteiger partial charge in [0.2, 0.25) is 5.91 Å². The molecule has 0 unspecified atom stereocenters. The Kier molecular flexibility index (Phi) is 5.37. The number of piperidine rings is 1. The Hall–Kier alpha value is -2.20. The highest BCUT2D eigenvalue weighted by Gasteiger charge is 2.24. The summed E-state index contributed by atoms with van der Waals surface area (Å²) >= 11 is 0. The second-order valence-corrected chi connectivity index (χ2v) is 6.11. The Bertz CT molecular complexity index is 607. The van der Waals surface area contributed by atoms with Crippen LogP contribution >= 0.6 is 0 Å². The molecule has 1 fully saturated rings. The van der Waals surface area contributed by atoms with Crippen LogP contribution in [-0.4, -0.2) is 28.9 Å². The molecule has 0 saturated carbocycles. The lowest BCUT2D eigenvalue weighted by molar-refractivity contribution is -0.126. The Morgan fingerprint density at radius 1 is 1.04 bits per heavy atom. The lowest BCUT2D eigenvalue weighted by Crippen LogP contribution is -2.40. The largest absolute Gasteiger partial charge is 0.352 e. The molecule has 1 amide bonds. The summed E-state index contributed by atoms with van der Waals surface area (Å²) in [5.41, 5.74) is 2.43. The Balaban J connectivity index is 1.42. The minimum absolute atomic E-state index is 0.142. The highest BCUT2D eigenvalue weighted by molar-refractivity contribution is 5.78. The van der Waals surface area contributed by atoms with Crippen LogP contribution in [0.25, 0.3) is 0 Å². The SMILES string of the molecule is O=C(NCc1ccncc1)C1CCN(Cc2ccccc2)CC1. The van der Waals surface area contributed by atoms with E-state index in [1.807, 2.05) is 18.2 Å². The number of amides is 1. The monoisotopic (exact) mass is 309 g/mol. The Morgan fingerprint density at radius 3 is 2.43 bits per heavy atom. The fourth-order valence-corrected chi connectivity index (χ4v) is 3.03. The van der Waals surface area contributed by atoms with Crippen molar-refractivity contribution in [3.8, 4) is 0 Å². The van der Waals surface area contributed by atoms with E-state index < -0.39 is 0 Å². The summed E-state index contributed by atoms with van der Waals surface area (Å²) in [7, 11) is 0. The minimum Gasteiger partial charge on any atom is -0.352 e. The molecule has 1 N–H and O–H groups in total. The van der Waals surface area contributed by atoms with E-state index in [2.05, 4.69) is 39.5 Å². The summed E-state index contributed by atoms with van der Waals surface area (Å²) in [4.78, 5) is 18.7. The zero-order valence-corrected chi connectivity index (χ0v) is 13.3. The molecule has 0 atom stereocenters. The van der Waals surface area contributed by atoms with Crippen molar-refractivity contribution in [2.75, 3.05) is 13.1 Å². The van der Waals surface area contributed by atoms with Crippen LogP contribution in [0.3, 0.4) is 0 Å². The number of hydrogen-bond acceptors (Lipinski definition) is 3. The maximum absolute atomic E-state index is 12.3.